The van der Waals surface area contributed by atoms with Crippen molar-refractivity contribution in [2.75, 3.05) is 12.8 Å². The number of hydrogen-bond donors (Lipinski definition) is 3. The summed E-state index contributed by atoms with van der Waals surface area (Å²) in [5, 5.41) is 0. The van der Waals surface area contributed by atoms with Crippen molar-refractivity contribution < 1.29 is 14.3 Å². The molecule has 2 aromatic carbocycles. The fourth-order valence-electron chi connectivity index (χ4n) is 2.19. The van der Waals surface area contributed by atoms with Gasteiger partial charge in [0.15, 0.2) is 0 Å². The van der Waals surface area contributed by atoms with Crippen molar-refractivity contribution in [3.63, 3.8) is 0 Å². The summed E-state index contributed by atoms with van der Waals surface area (Å²) in [5.74, 6) is -1.25. The van der Waals surface area contributed by atoms with E-state index in [-0.39, 0.29) is 22.6 Å². The van der Waals surface area contributed by atoms with E-state index in [9.17, 15) is 9.59 Å². The Morgan fingerprint density at radius 2 is 1.67 bits per heavy atom. The highest BCUT2D eigenvalue weighted by molar-refractivity contribution is 6.10. The Hall–Kier alpha value is -3.02. The van der Waals surface area contributed by atoms with Crippen LogP contribution in [0.3, 0.4) is 0 Å². The van der Waals surface area contributed by atoms with Gasteiger partial charge in [-0.2, -0.15) is 0 Å². The zero-order valence-corrected chi connectivity index (χ0v) is 11.4. The first-order valence-corrected chi connectivity index (χ1v) is 6.12. The number of primary amides is 2. The summed E-state index contributed by atoms with van der Waals surface area (Å²) in [5.41, 5.74) is 18.1. The number of nitrogens with two attached hydrogens (primary N) is 3. The molecule has 108 valence electrons. The second kappa shape index (κ2) is 5.54. The van der Waals surface area contributed by atoms with E-state index in [1.54, 1.807) is 24.3 Å². The second-order valence-corrected chi connectivity index (χ2v) is 4.38. The molecule has 0 atom stereocenters. The Morgan fingerprint density at radius 3 is 2.14 bits per heavy atom. The number of benzene rings is 2. The molecule has 0 aromatic heterocycles. The summed E-state index contributed by atoms with van der Waals surface area (Å²) >= 11 is 0. The minimum Gasteiger partial charge on any atom is -0.496 e. The van der Waals surface area contributed by atoms with Crippen molar-refractivity contribution in [1.29, 1.82) is 0 Å². The first kappa shape index (κ1) is 14.4. The van der Waals surface area contributed by atoms with Crippen molar-refractivity contribution >= 4 is 17.5 Å². The summed E-state index contributed by atoms with van der Waals surface area (Å²) in [6.45, 7) is 0. The molecule has 0 spiro atoms. The smallest absolute Gasteiger partial charge is 0.253 e. The third-order valence-corrected chi connectivity index (χ3v) is 3.13. The van der Waals surface area contributed by atoms with Crippen LogP contribution < -0.4 is 21.9 Å². The van der Waals surface area contributed by atoms with Crippen LogP contribution in [0.4, 0.5) is 5.69 Å². The van der Waals surface area contributed by atoms with Gasteiger partial charge < -0.3 is 21.9 Å². The lowest BCUT2D eigenvalue weighted by Crippen LogP contribution is -2.19. The number of carbonyl (C=O) groups is 2. The van der Waals surface area contributed by atoms with Gasteiger partial charge in [0.25, 0.3) is 11.8 Å². The topological polar surface area (TPSA) is 121 Å². The highest BCUT2D eigenvalue weighted by Crippen LogP contribution is 2.38. The number of anilines is 1. The van der Waals surface area contributed by atoms with Crippen LogP contribution in [0.2, 0.25) is 0 Å². The molecule has 0 heterocycles. The van der Waals surface area contributed by atoms with Gasteiger partial charge in [0.2, 0.25) is 0 Å². The van der Waals surface area contributed by atoms with E-state index in [4.69, 9.17) is 21.9 Å². The largest absolute Gasteiger partial charge is 0.496 e. The zero-order valence-electron chi connectivity index (χ0n) is 11.4. The van der Waals surface area contributed by atoms with Crippen LogP contribution >= 0.6 is 0 Å². The van der Waals surface area contributed by atoms with Crippen LogP contribution in [0.25, 0.3) is 11.1 Å². The lowest BCUT2D eigenvalue weighted by atomic mass is 9.93. The van der Waals surface area contributed by atoms with E-state index >= 15 is 0 Å². The molecule has 0 saturated heterocycles. The maximum absolute atomic E-state index is 11.8. The Morgan fingerprint density at radius 1 is 1.05 bits per heavy atom. The molecule has 0 bridgehead atoms. The number of ether oxygens (including phenoxy) is 1. The lowest BCUT2D eigenvalue weighted by Gasteiger charge is -2.16. The average Bonchev–Trinajstić information content (AvgIpc) is 2.47. The zero-order chi connectivity index (χ0) is 15.6. The molecule has 6 nitrogen and oxygen atoms in total. The van der Waals surface area contributed by atoms with Gasteiger partial charge >= 0.3 is 0 Å². The number of nitrogen functional groups attached to an aromatic ring is 1. The van der Waals surface area contributed by atoms with Crippen molar-refractivity contribution in [3.05, 3.63) is 47.5 Å². The van der Waals surface area contributed by atoms with E-state index in [1.165, 1.54) is 13.2 Å². The van der Waals surface area contributed by atoms with Crippen LogP contribution in [0.15, 0.2) is 36.4 Å². The van der Waals surface area contributed by atoms with Gasteiger partial charge in [-0.15, -0.1) is 0 Å². The van der Waals surface area contributed by atoms with E-state index in [0.717, 1.165) is 0 Å². The first-order chi connectivity index (χ1) is 9.97. The number of amides is 2. The van der Waals surface area contributed by atoms with Gasteiger partial charge in [-0.05, 0) is 11.6 Å². The van der Waals surface area contributed by atoms with E-state index < -0.39 is 11.8 Å². The van der Waals surface area contributed by atoms with Crippen LogP contribution in [0.5, 0.6) is 5.75 Å². The second-order valence-electron chi connectivity index (χ2n) is 4.38. The fourth-order valence-corrected chi connectivity index (χ4v) is 2.19. The van der Waals surface area contributed by atoms with Gasteiger partial charge in [-0.1, -0.05) is 30.3 Å². The SMILES string of the molecule is COc1cc(C(N)=O)c(N)c(-c2ccccc2)c1C(N)=O. The first-order valence-electron chi connectivity index (χ1n) is 6.12. The van der Waals surface area contributed by atoms with E-state index in [0.29, 0.717) is 11.1 Å². The monoisotopic (exact) mass is 285 g/mol. The summed E-state index contributed by atoms with van der Waals surface area (Å²) < 4.78 is 5.15. The molecule has 2 amide bonds. The number of rotatable bonds is 4. The Kier molecular flexibility index (Phi) is 3.80. The van der Waals surface area contributed by atoms with Crippen molar-refractivity contribution in [1.82, 2.24) is 0 Å². The van der Waals surface area contributed by atoms with Crippen LogP contribution in [0.1, 0.15) is 20.7 Å². The molecule has 21 heavy (non-hydrogen) atoms. The molecule has 0 aliphatic carbocycles. The third-order valence-electron chi connectivity index (χ3n) is 3.13. The maximum Gasteiger partial charge on any atom is 0.253 e. The normalized spacial score (nSPS) is 10.1. The number of methoxy groups -OCH3 is 1. The van der Waals surface area contributed by atoms with Crippen LogP contribution in [-0.4, -0.2) is 18.9 Å². The van der Waals surface area contributed by atoms with Crippen molar-refractivity contribution in [2.24, 2.45) is 11.5 Å². The van der Waals surface area contributed by atoms with Crippen molar-refractivity contribution in [3.8, 4) is 16.9 Å². The van der Waals surface area contributed by atoms with Gasteiger partial charge in [0.1, 0.15) is 5.75 Å². The average molecular weight is 285 g/mol. The van der Waals surface area contributed by atoms with Gasteiger partial charge in [0, 0.05) is 5.56 Å². The molecular weight excluding hydrogens is 270 g/mol. The molecular formula is C15H15N3O3. The molecule has 6 N–H and O–H groups in total. The highest BCUT2D eigenvalue weighted by Gasteiger charge is 2.23. The molecule has 0 unspecified atom stereocenters. The fraction of sp³-hybridized carbons (Fsp3) is 0.0667. The van der Waals surface area contributed by atoms with Crippen LogP contribution in [-0.2, 0) is 0 Å². The third kappa shape index (κ3) is 2.51. The number of hydrogen-bond acceptors (Lipinski definition) is 4. The number of carbonyl (C=O) groups excluding carboxylic acids is 2. The molecule has 2 aromatic rings. The maximum atomic E-state index is 11.8. The Labute approximate surface area is 121 Å². The highest BCUT2D eigenvalue weighted by atomic mass is 16.5. The molecule has 0 radical (unpaired) electrons. The Bertz CT molecular complexity index is 712. The summed E-state index contributed by atoms with van der Waals surface area (Å²) in [7, 11) is 1.37. The van der Waals surface area contributed by atoms with Gasteiger partial charge in [-0.3, -0.25) is 9.59 Å². The molecule has 6 heteroatoms. The standard InChI is InChI=1S/C15H15N3O3/c1-21-10-7-9(14(17)19)13(16)11(12(10)15(18)20)8-5-3-2-4-6-8/h2-7H,16H2,1H3,(H2,17,19)(H2,18,20). The van der Waals surface area contributed by atoms with E-state index in [1.807, 2.05) is 6.07 Å². The predicted octanol–water partition coefficient (Wildman–Crippen LogP) is 1.14. The van der Waals surface area contributed by atoms with Crippen molar-refractivity contribution in [2.45, 2.75) is 0 Å². The van der Waals surface area contributed by atoms with Crippen LogP contribution in [0, 0.1) is 0 Å². The molecule has 2 rings (SSSR count). The summed E-state index contributed by atoms with van der Waals surface area (Å²) in [6.07, 6.45) is 0. The quantitative estimate of drug-likeness (QED) is 0.729. The minimum absolute atomic E-state index is 0.0794. The van der Waals surface area contributed by atoms with E-state index in [2.05, 4.69) is 0 Å². The molecule has 0 aliphatic rings. The summed E-state index contributed by atoms with van der Waals surface area (Å²) in [6, 6.07) is 10.2. The van der Waals surface area contributed by atoms with Gasteiger partial charge in [0.05, 0.1) is 23.9 Å². The molecule has 0 aliphatic heterocycles. The lowest BCUT2D eigenvalue weighted by molar-refractivity contribution is 0.0986. The molecule has 0 saturated carbocycles. The predicted molar refractivity (Wildman–Crippen MR) is 79.9 cm³/mol. The Balaban J connectivity index is 2.91. The van der Waals surface area contributed by atoms with Gasteiger partial charge in [-0.25, -0.2) is 0 Å². The summed E-state index contributed by atoms with van der Waals surface area (Å²) in [4.78, 5) is 23.3. The minimum atomic E-state index is -0.709. The molecule has 0 fully saturated rings.